The SMILES string of the molecule is O=C(Nc1nnc(SC/C=C/c2ccccc2)s1)c1cc2ccccc2oc1=O. The average molecular weight is 422 g/mol. The molecule has 4 rings (SSSR count). The predicted molar refractivity (Wildman–Crippen MR) is 117 cm³/mol. The van der Waals surface area contributed by atoms with Gasteiger partial charge in [-0.3, -0.25) is 10.1 Å². The number of nitrogens with zero attached hydrogens (tertiary/aromatic N) is 2. The molecule has 4 aromatic rings. The van der Waals surface area contributed by atoms with Gasteiger partial charge in [-0.2, -0.15) is 0 Å². The number of anilines is 1. The largest absolute Gasteiger partial charge is 0.422 e. The van der Waals surface area contributed by atoms with Gasteiger partial charge in [0.2, 0.25) is 5.13 Å². The molecule has 2 heterocycles. The van der Waals surface area contributed by atoms with E-state index in [1.807, 2.05) is 48.6 Å². The molecule has 8 heteroatoms. The summed E-state index contributed by atoms with van der Waals surface area (Å²) in [7, 11) is 0. The molecule has 0 fully saturated rings. The highest BCUT2D eigenvalue weighted by molar-refractivity contribution is 8.01. The highest BCUT2D eigenvalue weighted by Crippen LogP contribution is 2.26. The summed E-state index contributed by atoms with van der Waals surface area (Å²) in [5, 5.41) is 11.7. The van der Waals surface area contributed by atoms with E-state index in [-0.39, 0.29) is 5.56 Å². The van der Waals surface area contributed by atoms with Crippen LogP contribution in [0.1, 0.15) is 15.9 Å². The fraction of sp³-hybridized carbons (Fsp3) is 0.0476. The van der Waals surface area contributed by atoms with Gasteiger partial charge in [-0.05, 0) is 17.7 Å². The molecule has 1 amide bonds. The molecule has 1 N–H and O–H groups in total. The normalized spacial score (nSPS) is 11.2. The van der Waals surface area contributed by atoms with Crippen LogP contribution in [0.25, 0.3) is 17.0 Å². The molecule has 2 aromatic heterocycles. The van der Waals surface area contributed by atoms with Gasteiger partial charge in [0, 0.05) is 11.1 Å². The third-order valence-corrected chi connectivity index (χ3v) is 5.85. The van der Waals surface area contributed by atoms with E-state index in [1.165, 1.54) is 29.2 Å². The third-order valence-electron chi connectivity index (χ3n) is 3.93. The van der Waals surface area contributed by atoms with Crippen molar-refractivity contribution in [3.63, 3.8) is 0 Å². The summed E-state index contributed by atoms with van der Waals surface area (Å²) in [6, 6.07) is 18.6. The van der Waals surface area contributed by atoms with Crippen LogP contribution in [0.5, 0.6) is 0 Å². The van der Waals surface area contributed by atoms with Crippen LogP contribution in [-0.2, 0) is 0 Å². The Morgan fingerprint density at radius 2 is 1.90 bits per heavy atom. The number of rotatable bonds is 6. The summed E-state index contributed by atoms with van der Waals surface area (Å²) in [4.78, 5) is 24.5. The summed E-state index contributed by atoms with van der Waals surface area (Å²) in [6.07, 6.45) is 4.08. The number of nitrogens with one attached hydrogen (secondary N) is 1. The van der Waals surface area contributed by atoms with E-state index in [2.05, 4.69) is 15.5 Å². The molecular formula is C21H15N3O3S2. The van der Waals surface area contributed by atoms with Crippen molar-refractivity contribution in [3.05, 3.63) is 88.3 Å². The molecule has 0 aliphatic rings. The highest BCUT2D eigenvalue weighted by Gasteiger charge is 2.16. The predicted octanol–water partition coefficient (Wildman–Crippen LogP) is 4.70. The van der Waals surface area contributed by atoms with Crippen LogP contribution in [0.4, 0.5) is 5.13 Å². The van der Waals surface area contributed by atoms with Gasteiger partial charge in [0.25, 0.3) is 5.91 Å². The van der Waals surface area contributed by atoms with E-state index in [0.29, 0.717) is 16.1 Å². The van der Waals surface area contributed by atoms with Crippen molar-refractivity contribution in [2.45, 2.75) is 4.34 Å². The van der Waals surface area contributed by atoms with Crippen LogP contribution in [0.3, 0.4) is 0 Å². The summed E-state index contributed by atoms with van der Waals surface area (Å²) in [6.45, 7) is 0. The number of thioether (sulfide) groups is 1. The molecule has 0 saturated heterocycles. The van der Waals surface area contributed by atoms with Crippen LogP contribution >= 0.6 is 23.1 Å². The van der Waals surface area contributed by atoms with E-state index in [4.69, 9.17) is 4.42 Å². The molecule has 144 valence electrons. The second-order valence-corrected chi connectivity index (χ2v) is 8.18. The second kappa shape index (κ2) is 8.85. The Balaban J connectivity index is 1.39. The quantitative estimate of drug-likeness (QED) is 0.276. The van der Waals surface area contributed by atoms with Gasteiger partial charge in [0.1, 0.15) is 11.1 Å². The Hall–Kier alpha value is -3.23. The van der Waals surface area contributed by atoms with Crippen molar-refractivity contribution in [3.8, 4) is 0 Å². The zero-order chi connectivity index (χ0) is 20.1. The Bertz CT molecular complexity index is 1230. The summed E-state index contributed by atoms with van der Waals surface area (Å²) >= 11 is 2.77. The number of aromatic nitrogens is 2. The minimum atomic E-state index is -0.689. The number of benzene rings is 2. The van der Waals surface area contributed by atoms with Gasteiger partial charge in [-0.1, -0.05) is 83.8 Å². The average Bonchev–Trinajstić information content (AvgIpc) is 3.18. The van der Waals surface area contributed by atoms with E-state index in [1.54, 1.807) is 18.2 Å². The first-order valence-electron chi connectivity index (χ1n) is 8.71. The monoisotopic (exact) mass is 421 g/mol. The maximum absolute atomic E-state index is 12.5. The lowest BCUT2D eigenvalue weighted by Gasteiger charge is -2.01. The molecule has 0 bridgehead atoms. The van der Waals surface area contributed by atoms with Crippen molar-refractivity contribution >= 4 is 51.2 Å². The first kappa shape index (κ1) is 19.1. The van der Waals surface area contributed by atoms with Crippen LogP contribution in [0, 0.1) is 0 Å². The number of amides is 1. The van der Waals surface area contributed by atoms with Crippen molar-refractivity contribution < 1.29 is 9.21 Å². The topological polar surface area (TPSA) is 85.1 Å². The molecule has 0 saturated carbocycles. The first-order valence-corrected chi connectivity index (χ1v) is 10.5. The van der Waals surface area contributed by atoms with Crippen LogP contribution < -0.4 is 10.9 Å². The number of carbonyl (C=O) groups excluding carboxylic acids is 1. The number of fused-ring (bicyclic) bond motifs is 1. The molecule has 0 aliphatic carbocycles. The van der Waals surface area contributed by atoms with Gasteiger partial charge in [0.05, 0.1) is 0 Å². The maximum atomic E-state index is 12.5. The van der Waals surface area contributed by atoms with Crippen LogP contribution in [0.15, 0.2) is 80.3 Å². The fourth-order valence-corrected chi connectivity index (χ4v) is 4.15. The molecule has 0 spiro atoms. The molecule has 0 unspecified atom stereocenters. The number of hydrogen-bond donors (Lipinski definition) is 1. The summed E-state index contributed by atoms with van der Waals surface area (Å²) in [5.74, 6) is 0.160. The molecule has 0 radical (unpaired) electrons. The van der Waals surface area contributed by atoms with Crippen molar-refractivity contribution in [1.29, 1.82) is 0 Å². The Labute approximate surface area is 174 Å². The minimum absolute atomic E-state index is 0.0705. The zero-order valence-electron chi connectivity index (χ0n) is 15.1. The lowest BCUT2D eigenvalue weighted by molar-refractivity contribution is 0.102. The molecule has 0 atom stereocenters. The minimum Gasteiger partial charge on any atom is -0.422 e. The van der Waals surface area contributed by atoms with Gasteiger partial charge >= 0.3 is 5.63 Å². The number of para-hydroxylation sites is 1. The van der Waals surface area contributed by atoms with Gasteiger partial charge in [-0.15, -0.1) is 10.2 Å². The van der Waals surface area contributed by atoms with Crippen molar-refractivity contribution in [2.75, 3.05) is 11.1 Å². The summed E-state index contributed by atoms with van der Waals surface area (Å²) < 4.78 is 5.92. The first-order chi connectivity index (χ1) is 14.2. The number of hydrogen-bond acceptors (Lipinski definition) is 7. The maximum Gasteiger partial charge on any atom is 0.349 e. The Kier molecular flexibility index (Phi) is 5.83. The smallest absolute Gasteiger partial charge is 0.349 e. The Morgan fingerprint density at radius 1 is 1.10 bits per heavy atom. The van der Waals surface area contributed by atoms with Crippen LogP contribution in [0.2, 0.25) is 0 Å². The highest BCUT2D eigenvalue weighted by atomic mass is 32.2. The number of carbonyl (C=O) groups is 1. The van der Waals surface area contributed by atoms with E-state index < -0.39 is 11.5 Å². The third kappa shape index (κ3) is 4.79. The van der Waals surface area contributed by atoms with Crippen molar-refractivity contribution in [2.24, 2.45) is 0 Å². The fourth-order valence-electron chi connectivity index (χ4n) is 2.57. The standard InChI is InChI=1S/C21H15N3O3S2/c25-18(16-13-15-10-4-5-11-17(15)27-19(16)26)22-20-23-24-21(29-20)28-12-6-9-14-7-2-1-3-8-14/h1-11,13H,12H2,(H,22,23,25)/b9-6+. The van der Waals surface area contributed by atoms with E-state index in [9.17, 15) is 9.59 Å². The van der Waals surface area contributed by atoms with E-state index in [0.717, 1.165) is 15.7 Å². The van der Waals surface area contributed by atoms with Crippen molar-refractivity contribution in [1.82, 2.24) is 10.2 Å². The van der Waals surface area contributed by atoms with Gasteiger partial charge in [0.15, 0.2) is 4.34 Å². The lowest BCUT2D eigenvalue weighted by Crippen LogP contribution is -2.20. The zero-order valence-corrected chi connectivity index (χ0v) is 16.7. The van der Waals surface area contributed by atoms with Crippen LogP contribution in [-0.4, -0.2) is 21.9 Å². The molecule has 0 aliphatic heterocycles. The second-order valence-electron chi connectivity index (χ2n) is 5.94. The van der Waals surface area contributed by atoms with Gasteiger partial charge < -0.3 is 4.42 Å². The lowest BCUT2D eigenvalue weighted by atomic mass is 10.2. The molecule has 29 heavy (non-hydrogen) atoms. The summed E-state index contributed by atoms with van der Waals surface area (Å²) in [5.41, 5.74) is 0.810. The van der Waals surface area contributed by atoms with Gasteiger partial charge in [-0.25, -0.2) is 4.79 Å². The molecule has 6 nitrogen and oxygen atoms in total. The molecule has 2 aromatic carbocycles. The molecular weight excluding hydrogens is 406 g/mol. The van der Waals surface area contributed by atoms with E-state index >= 15 is 0 Å². The Morgan fingerprint density at radius 3 is 2.76 bits per heavy atom.